The Bertz CT molecular complexity index is 612. The average molecular weight is 272 g/mol. The molecule has 1 N–H and O–H groups in total. The van der Waals surface area contributed by atoms with Crippen molar-refractivity contribution < 1.29 is 0 Å². The van der Waals surface area contributed by atoms with Gasteiger partial charge in [0.05, 0.1) is 5.69 Å². The number of nitrogens with zero attached hydrogens (tertiary/aromatic N) is 3. The van der Waals surface area contributed by atoms with E-state index in [0.717, 1.165) is 17.0 Å². The Morgan fingerprint density at radius 1 is 1.40 bits per heavy atom. The molecule has 1 aliphatic carbocycles. The number of nitrogens with one attached hydrogen (secondary N) is 1. The molecule has 2 heterocycles. The lowest BCUT2D eigenvalue weighted by molar-refractivity contribution is 0.378. The summed E-state index contributed by atoms with van der Waals surface area (Å²) in [7, 11) is 0. The summed E-state index contributed by atoms with van der Waals surface area (Å²) >= 11 is 0. The largest absolute Gasteiger partial charge is 0.366 e. The normalized spacial score (nSPS) is 21.8. The van der Waals surface area contributed by atoms with Crippen LogP contribution in [0.3, 0.4) is 0 Å². The maximum Gasteiger partial charge on any atom is 0.152 e. The molecule has 1 unspecified atom stereocenters. The van der Waals surface area contributed by atoms with Crippen LogP contribution >= 0.6 is 0 Å². The van der Waals surface area contributed by atoms with Gasteiger partial charge in [-0.3, -0.25) is 0 Å². The molecule has 0 bridgehead atoms. The van der Waals surface area contributed by atoms with E-state index in [1.54, 1.807) is 0 Å². The molecule has 0 aromatic carbocycles. The quantitative estimate of drug-likeness (QED) is 0.923. The molecule has 4 nitrogen and oxygen atoms in total. The van der Waals surface area contributed by atoms with Gasteiger partial charge in [-0.15, -0.1) is 0 Å². The lowest BCUT2D eigenvalue weighted by Crippen LogP contribution is -2.18. The topological polar surface area (TPSA) is 42.2 Å². The molecule has 1 aliphatic rings. The smallest absolute Gasteiger partial charge is 0.152 e. The molecule has 1 saturated carbocycles. The number of anilines is 1. The van der Waals surface area contributed by atoms with Crippen LogP contribution < -0.4 is 5.32 Å². The Balaban J connectivity index is 1.88. The summed E-state index contributed by atoms with van der Waals surface area (Å²) in [5.41, 5.74) is 2.65. The Kier molecular flexibility index (Phi) is 3.19. The van der Waals surface area contributed by atoms with Crippen molar-refractivity contribution in [1.82, 2.24) is 14.6 Å². The first-order valence-electron chi connectivity index (χ1n) is 7.55. The van der Waals surface area contributed by atoms with E-state index >= 15 is 0 Å². The third kappa shape index (κ3) is 2.51. The van der Waals surface area contributed by atoms with E-state index in [2.05, 4.69) is 49.2 Å². The molecule has 4 heteroatoms. The van der Waals surface area contributed by atoms with Gasteiger partial charge < -0.3 is 5.32 Å². The fourth-order valence-corrected chi connectivity index (χ4v) is 3.09. The maximum absolute atomic E-state index is 4.61. The Morgan fingerprint density at radius 3 is 2.85 bits per heavy atom. The maximum atomic E-state index is 4.61. The summed E-state index contributed by atoms with van der Waals surface area (Å²) in [5, 5.41) is 8.23. The van der Waals surface area contributed by atoms with Crippen LogP contribution in [0.15, 0.2) is 18.5 Å². The van der Waals surface area contributed by atoms with Gasteiger partial charge in [0.2, 0.25) is 0 Å². The van der Waals surface area contributed by atoms with Gasteiger partial charge in [0, 0.05) is 18.4 Å². The lowest BCUT2D eigenvalue weighted by atomic mass is 9.92. The molecule has 0 radical (unpaired) electrons. The van der Waals surface area contributed by atoms with Gasteiger partial charge in [0.15, 0.2) is 5.82 Å². The number of aromatic nitrogens is 3. The van der Waals surface area contributed by atoms with Gasteiger partial charge >= 0.3 is 0 Å². The second-order valence-electron chi connectivity index (χ2n) is 7.08. The lowest BCUT2D eigenvalue weighted by Gasteiger charge is -2.18. The van der Waals surface area contributed by atoms with Gasteiger partial charge in [-0.25, -0.2) is 9.50 Å². The van der Waals surface area contributed by atoms with Crippen LogP contribution in [0.4, 0.5) is 5.82 Å². The summed E-state index contributed by atoms with van der Waals surface area (Å²) in [6.07, 6.45) is 7.46. The molecule has 108 valence electrons. The van der Waals surface area contributed by atoms with Crippen LogP contribution in [0, 0.1) is 5.41 Å². The summed E-state index contributed by atoms with van der Waals surface area (Å²) in [4.78, 5) is 4.52. The van der Waals surface area contributed by atoms with E-state index in [1.165, 1.54) is 19.3 Å². The first kappa shape index (κ1) is 13.4. The molecule has 3 rings (SSSR count). The number of rotatable bonds is 3. The summed E-state index contributed by atoms with van der Waals surface area (Å²) in [5.74, 6) is 1.41. The molecule has 20 heavy (non-hydrogen) atoms. The average Bonchev–Trinajstić information content (AvgIpc) is 2.93. The Hall–Kier alpha value is -1.58. The van der Waals surface area contributed by atoms with Crippen molar-refractivity contribution >= 4 is 11.3 Å². The van der Waals surface area contributed by atoms with Crippen molar-refractivity contribution in [2.75, 3.05) is 5.32 Å². The van der Waals surface area contributed by atoms with Gasteiger partial charge in [0.1, 0.15) is 5.52 Å². The minimum Gasteiger partial charge on any atom is -0.366 e. The molecule has 0 aliphatic heterocycles. The first-order valence-corrected chi connectivity index (χ1v) is 7.55. The number of hydrogen-bond donors (Lipinski definition) is 1. The van der Waals surface area contributed by atoms with Crippen LogP contribution in [0.25, 0.3) is 5.52 Å². The van der Waals surface area contributed by atoms with Gasteiger partial charge in [-0.05, 0) is 36.7 Å². The van der Waals surface area contributed by atoms with Crippen LogP contribution in [-0.2, 0) is 0 Å². The van der Waals surface area contributed by atoms with Crippen molar-refractivity contribution in [3.63, 3.8) is 0 Å². The van der Waals surface area contributed by atoms with E-state index in [-0.39, 0.29) is 0 Å². The zero-order valence-electron chi connectivity index (χ0n) is 12.8. The highest BCUT2D eigenvalue weighted by molar-refractivity contribution is 5.68. The van der Waals surface area contributed by atoms with Gasteiger partial charge in [-0.2, -0.15) is 5.10 Å². The summed E-state index contributed by atoms with van der Waals surface area (Å²) in [6, 6.07) is 2.68. The van der Waals surface area contributed by atoms with E-state index in [4.69, 9.17) is 0 Å². The second-order valence-corrected chi connectivity index (χ2v) is 7.08. The molecular weight excluding hydrogens is 248 g/mol. The Morgan fingerprint density at radius 2 is 2.20 bits per heavy atom. The first-order chi connectivity index (χ1) is 9.44. The standard InChI is InChI=1S/C16H24N4/c1-11(2)13-9-14-15(17-7-8-20(14)19-13)18-12-5-6-16(3,4)10-12/h7-9,11-12H,5-6,10H2,1-4H3,(H,17,18). The van der Waals surface area contributed by atoms with Crippen molar-refractivity contribution in [2.24, 2.45) is 5.41 Å². The van der Waals surface area contributed by atoms with Crippen LogP contribution in [-0.4, -0.2) is 20.6 Å². The predicted octanol–water partition coefficient (Wildman–Crippen LogP) is 3.84. The zero-order valence-corrected chi connectivity index (χ0v) is 12.8. The van der Waals surface area contributed by atoms with Crippen molar-refractivity contribution in [3.8, 4) is 0 Å². The summed E-state index contributed by atoms with van der Waals surface area (Å²) < 4.78 is 1.94. The SMILES string of the molecule is CC(C)c1cc2c(NC3CCC(C)(C)C3)nccn2n1. The Labute approximate surface area is 120 Å². The fourth-order valence-electron chi connectivity index (χ4n) is 3.09. The molecular formula is C16H24N4. The minimum absolute atomic E-state index is 0.438. The van der Waals surface area contributed by atoms with E-state index in [1.807, 2.05) is 16.9 Å². The highest BCUT2D eigenvalue weighted by atomic mass is 15.2. The number of fused-ring (bicyclic) bond motifs is 1. The highest BCUT2D eigenvalue weighted by Crippen LogP contribution is 2.38. The van der Waals surface area contributed by atoms with E-state index < -0.39 is 0 Å². The minimum atomic E-state index is 0.438. The monoisotopic (exact) mass is 272 g/mol. The van der Waals surface area contributed by atoms with Gasteiger partial charge in [-0.1, -0.05) is 27.7 Å². The summed E-state index contributed by atoms with van der Waals surface area (Å²) in [6.45, 7) is 9.03. The highest BCUT2D eigenvalue weighted by Gasteiger charge is 2.31. The molecule has 0 spiro atoms. The van der Waals surface area contributed by atoms with Crippen molar-refractivity contribution in [1.29, 1.82) is 0 Å². The molecule has 1 fully saturated rings. The molecule has 0 amide bonds. The van der Waals surface area contributed by atoms with E-state index in [9.17, 15) is 0 Å². The predicted molar refractivity (Wildman–Crippen MR) is 82.1 cm³/mol. The van der Waals surface area contributed by atoms with Crippen LogP contribution in [0.5, 0.6) is 0 Å². The van der Waals surface area contributed by atoms with Crippen LogP contribution in [0.2, 0.25) is 0 Å². The molecule has 1 atom stereocenters. The third-order valence-electron chi connectivity index (χ3n) is 4.31. The molecule has 0 saturated heterocycles. The number of hydrogen-bond acceptors (Lipinski definition) is 3. The second kappa shape index (κ2) is 4.76. The van der Waals surface area contributed by atoms with Crippen molar-refractivity contribution in [3.05, 3.63) is 24.2 Å². The third-order valence-corrected chi connectivity index (χ3v) is 4.31. The van der Waals surface area contributed by atoms with Crippen molar-refractivity contribution in [2.45, 2.75) is 58.9 Å². The van der Waals surface area contributed by atoms with Crippen LogP contribution in [0.1, 0.15) is 58.6 Å². The zero-order chi connectivity index (χ0) is 14.3. The molecule has 2 aromatic heterocycles. The van der Waals surface area contributed by atoms with E-state index in [0.29, 0.717) is 17.4 Å². The molecule has 2 aromatic rings. The van der Waals surface area contributed by atoms with Gasteiger partial charge in [0.25, 0.3) is 0 Å². The fraction of sp³-hybridized carbons (Fsp3) is 0.625.